The van der Waals surface area contributed by atoms with Crippen LogP contribution in [0.5, 0.6) is 5.75 Å². The number of aromatic nitrogens is 2. The molecule has 0 bridgehead atoms. The molecule has 1 aliphatic rings. The van der Waals surface area contributed by atoms with Crippen molar-refractivity contribution in [2.75, 3.05) is 7.11 Å². The summed E-state index contributed by atoms with van der Waals surface area (Å²) in [4.78, 5) is 4.33. The summed E-state index contributed by atoms with van der Waals surface area (Å²) >= 11 is 0. The standard InChI is InChI=1S/C14H16FN3O2.ClH/c1-19-11-5-4-9(15)8-10(11)12-17-13(18-20-12)14(16)6-2-3-7-14;/h4-5,8H,2-3,6-7,16H2,1H3;1H. The zero-order chi connectivity index (χ0) is 14.2. The van der Waals surface area contributed by atoms with Crippen LogP contribution in [-0.2, 0) is 5.54 Å². The van der Waals surface area contributed by atoms with Crippen LogP contribution in [0.1, 0.15) is 31.5 Å². The second-order valence-corrected chi connectivity index (χ2v) is 5.13. The molecule has 1 aromatic carbocycles. The molecule has 5 nitrogen and oxygen atoms in total. The van der Waals surface area contributed by atoms with Gasteiger partial charge in [0.2, 0.25) is 0 Å². The Morgan fingerprint density at radius 3 is 2.71 bits per heavy atom. The smallest absolute Gasteiger partial charge is 0.261 e. The van der Waals surface area contributed by atoms with E-state index in [1.165, 1.54) is 25.3 Å². The predicted octanol–water partition coefficient (Wildman–Crippen LogP) is 3.03. The highest BCUT2D eigenvalue weighted by Crippen LogP contribution is 2.36. The van der Waals surface area contributed by atoms with Gasteiger partial charge in [0.05, 0.1) is 18.2 Å². The second kappa shape index (κ2) is 5.99. The molecule has 0 spiro atoms. The Labute approximate surface area is 128 Å². The summed E-state index contributed by atoms with van der Waals surface area (Å²) in [7, 11) is 1.51. The highest BCUT2D eigenvalue weighted by molar-refractivity contribution is 5.85. The van der Waals surface area contributed by atoms with Gasteiger partial charge in [-0.1, -0.05) is 18.0 Å². The Kier molecular flexibility index (Phi) is 4.49. The van der Waals surface area contributed by atoms with Crippen LogP contribution >= 0.6 is 12.4 Å². The van der Waals surface area contributed by atoms with Gasteiger partial charge in [0.15, 0.2) is 5.82 Å². The maximum atomic E-state index is 13.4. The minimum atomic E-state index is -0.525. The van der Waals surface area contributed by atoms with Gasteiger partial charge in [-0.25, -0.2) is 4.39 Å². The van der Waals surface area contributed by atoms with Crippen molar-refractivity contribution in [2.45, 2.75) is 31.2 Å². The van der Waals surface area contributed by atoms with E-state index in [9.17, 15) is 4.39 Å². The van der Waals surface area contributed by atoms with Crippen LogP contribution in [0.4, 0.5) is 4.39 Å². The number of nitrogens with zero attached hydrogens (tertiary/aromatic N) is 2. The molecular formula is C14H17ClFN3O2. The van der Waals surface area contributed by atoms with Gasteiger partial charge in [0, 0.05) is 0 Å². The van der Waals surface area contributed by atoms with E-state index in [0.29, 0.717) is 17.1 Å². The third-order valence-electron chi connectivity index (χ3n) is 3.76. The summed E-state index contributed by atoms with van der Waals surface area (Å²) in [6.07, 6.45) is 3.80. The van der Waals surface area contributed by atoms with Gasteiger partial charge in [-0.2, -0.15) is 4.98 Å². The zero-order valence-electron chi connectivity index (χ0n) is 11.6. The van der Waals surface area contributed by atoms with Gasteiger partial charge < -0.3 is 15.0 Å². The monoisotopic (exact) mass is 313 g/mol. The van der Waals surface area contributed by atoms with Crippen LogP contribution in [0.25, 0.3) is 11.5 Å². The summed E-state index contributed by atoms with van der Waals surface area (Å²) in [6, 6.07) is 4.16. The van der Waals surface area contributed by atoms with E-state index < -0.39 is 5.54 Å². The van der Waals surface area contributed by atoms with Crippen molar-refractivity contribution in [1.82, 2.24) is 10.1 Å². The summed E-state index contributed by atoms with van der Waals surface area (Å²) < 4.78 is 23.8. The molecule has 114 valence electrons. The van der Waals surface area contributed by atoms with Crippen molar-refractivity contribution in [2.24, 2.45) is 5.73 Å². The fourth-order valence-corrected chi connectivity index (χ4v) is 2.61. The number of ether oxygens (including phenoxy) is 1. The van der Waals surface area contributed by atoms with E-state index >= 15 is 0 Å². The van der Waals surface area contributed by atoms with E-state index in [4.69, 9.17) is 15.0 Å². The molecule has 2 N–H and O–H groups in total. The Morgan fingerprint density at radius 1 is 1.33 bits per heavy atom. The van der Waals surface area contributed by atoms with E-state index in [0.717, 1.165) is 25.7 Å². The number of benzene rings is 1. The van der Waals surface area contributed by atoms with Gasteiger partial charge in [0.1, 0.15) is 11.6 Å². The predicted molar refractivity (Wildman–Crippen MR) is 77.8 cm³/mol. The number of hydrogen-bond acceptors (Lipinski definition) is 5. The first-order valence-electron chi connectivity index (χ1n) is 6.59. The van der Waals surface area contributed by atoms with Gasteiger partial charge in [0.25, 0.3) is 5.89 Å². The van der Waals surface area contributed by atoms with Crippen molar-refractivity contribution < 1.29 is 13.7 Å². The van der Waals surface area contributed by atoms with Crippen molar-refractivity contribution in [3.05, 3.63) is 29.8 Å². The molecule has 0 radical (unpaired) electrons. The van der Waals surface area contributed by atoms with Crippen molar-refractivity contribution in [1.29, 1.82) is 0 Å². The van der Waals surface area contributed by atoms with E-state index in [1.807, 2.05) is 0 Å². The molecular weight excluding hydrogens is 297 g/mol. The van der Waals surface area contributed by atoms with E-state index in [2.05, 4.69) is 10.1 Å². The first-order valence-corrected chi connectivity index (χ1v) is 6.59. The molecule has 0 amide bonds. The summed E-state index contributed by atoms with van der Waals surface area (Å²) in [5, 5.41) is 3.96. The fourth-order valence-electron chi connectivity index (χ4n) is 2.61. The number of halogens is 2. The average Bonchev–Trinajstić information content (AvgIpc) is 3.08. The van der Waals surface area contributed by atoms with Gasteiger partial charge in [-0.3, -0.25) is 0 Å². The molecule has 3 rings (SSSR count). The van der Waals surface area contributed by atoms with Crippen molar-refractivity contribution >= 4 is 12.4 Å². The topological polar surface area (TPSA) is 74.2 Å². The highest BCUT2D eigenvalue weighted by Gasteiger charge is 2.36. The zero-order valence-corrected chi connectivity index (χ0v) is 12.5. The molecule has 1 heterocycles. The average molecular weight is 314 g/mol. The van der Waals surface area contributed by atoms with E-state index in [1.54, 1.807) is 0 Å². The van der Waals surface area contributed by atoms with Crippen LogP contribution < -0.4 is 10.5 Å². The SMILES string of the molecule is COc1ccc(F)cc1-c1nc(C2(N)CCCC2)no1.Cl. The second-order valence-electron chi connectivity index (χ2n) is 5.13. The minimum Gasteiger partial charge on any atom is -0.496 e. The molecule has 1 saturated carbocycles. The third-order valence-corrected chi connectivity index (χ3v) is 3.76. The Balaban J connectivity index is 0.00000161. The lowest BCUT2D eigenvalue weighted by atomic mass is 9.99. The molecule has 7 heteroatoms. The van der Waals surface area contributed by atoms with Crippen molar-refractivity contribution in [3.8, 4) is 17.2 Å². The molecule has 0 aliphatic heterocycles. The minimum absolute atomic E-state index is 0. The maximum absolute atomic E-state index is 13.4. The van der Waals surface area contributed by atoms with Crippen LogP contribution in [0.15, 0.2) is 22.7 Å². The van der Waals surface area contributed by atoms with Crippen molar-refractivity contribution in [3.63, 3.8) is 0 Å². The van der Waals surface area contributed by atoms with E-state index in [-0.39, 0.29) is 24.1 Å². The molecule has 1 aromatic heterocycles. The number of methoxy groups -OCH3 is 1. The molecule has 21 heavy (non-hydrogen) atoms. The fraction of sp³-hybridized carbons (Fsp3) is 0.429. The van der Waals surface area contributed by atoms with Gasteiger partial charge >= 0.3 is 0 Å². The first kappa shape index (κ1) is 15.7. The molecule has 1 aliphatic carbocycles. The normalized spacial score (nSPS) is 16.5. The first-order chi connectivity index (χ1) is 9.62. The lowest BCUT2D eigenvalue weighted by molar-refractivity contribution is 0.370. The molecule has 0 atom stereocenters. The molecule has 0 saturated heterocycles. The maximum Gasteiger partial charge on any atom is 0.261 e. The quantitative estimate of drug-likeness (QED) is 0.942. The summed E-state index contributed by atoms with van der Waals surface area (Å²) in [6.45, 7) is 0. The lowest BCUT2D eigenvalue weighted by Gasteiger charge is -2.17. The van der Waals surface area contributed by atoms with Crippen LogP contribution in [0.3, 0.4) is 0 Å². The third kappa shape index (κ3) is 2.87. The van der Waals surface area contributed by atoms with Gasteiger partial charge in [-0.15, -0.1) is 12.4 Å². The molecule has 2 aromatic rings. The van der Waals surface area contributed by atoms with Gasteiger partial charge in [-0.05, 0) is 31.0 Å². The van der Waals surface area contributed by atoms with Crippen LogP contribution in [0.2, 0.25) is 0 Å². The van der Waals surface area contributed by atoms with Crippen LogP contribution in [-0.4, -0.2) is 17.3 Å². The molecule has 1 fully saturated rings. The number of hydrogen-bond donors (Lipinski definition) is 1. The number of nitrogens with two attached hydrogens (primary N) is 1. The Morgan fingerprint density at radius 2 is 2.05 bits per heavy atom. The summed E-state index contributed by atoms with van der Waals surface area (Å²) in [5.74, 6) is 0.812. The lowest BCUT2D eigenvalue weighted by Crippen LogP contribution is -2.34. The molecule has 0 unspecified atom stereocenters. The Hall–Kier alpha value is -1.66. The van der Waals surface area contributed by atoms with Crippen LogP contribution in [0, 0.1) is 5.82 Å². The largest absolute Gasteiger partial charge is 0.496 e. The number of rotatable bonds is 3. The highest BCUT2D eigenvalue weighted by atomic mass is 35.5. The Bertz CT molecular complexity index is 626. The summed E-state index contributed by atoms with van der Waals surface area (Å²) in [5.41, 5.74) is 6.19.